The summed E-state index contributed by atoms with van der Waals surface area (Å²) in [5.74, 6) is -0.502. The van der Waals surface area contributed by atoms with Gasteiger partial charge in [-0.15, -0.1) is 0 Å². The number of hydrogen-bond acceptors (Lipinski definition) is 6. The van der Waals surface area contributed by atoms with Crippen molar-refractivity contribution in [2.45, 2.75) is 6.42 Å². The second-order valence-corrected chi connectivity index (χ2v) is 9.41. The number of carbonyl (C=O) groups is 4. The molecule has 34 heavy (non-hydrogen) atoms. The average molecular weight is 457 g/mol. The van der Waals surface area contributed by atoms with Crippen molar-refractivity contribution in [1.29, 1.82) is 0 Å². The lowest BCUT2D eigenvalue weighted by Gasteiger charge is -2.37. The monoisotopic (exact) mass is 457 g/mol. The number of methoxy groups -OCH3 is 1. The number of amides is 2. The molecule has 2 aromatic carbocycles. The maximum Gasteiger partial charge on any atom is 0.340 e. The van der Waals surface area contributed by atoms with E-state index >= 15 is 0 Å². The van der Waals surface area contributed by atoms with Crippen molar-refractivity contribution in [1.82, 2.24) is 0 Å². The van der Waals surface area contributed by atoms with Gasteiger partial charge in [0.1, 0.15) is 5.75 Å². The maximum absolute atomic E-state index is 13.4. The first-order chi connectivity index (χ1) is 16.5. The van der Waals surface area contributed by atoms with Gasteiger partial charge >= 0.3 is 5.97 Å². The fourth-order valence-electron chi connectivity index (χ4n) is 6.10. The topological polar surface area (TPSA) is 90.0 Å². The smallest absolute Gasteiger partial charge is 0.340 e. The Kier molecular flexibility index (Phi) is 4.69. The van der Waals surface area contributed by atoms with Crippen LogP contribution in [0.25, 0.3) is 0 Å². The summed E-state index contributed by atoms with van der Waals surface area (Å²) in [5.41, 5.74) is 0.704. The Morgan fingerprint density at radius 2 is 1.53 bits per heavy atom. The maximum atomic E-state index is 13.4. The Morgan fingerprint density at radius 3 is 2.15 bits per heavy atom. The lowest BCUT2D eigenvalue weighted by molar-refractivity contribution is -0.124. The third-order valence-corrected chi connectivity index (χ3v) is 7.77. The lowest BCUT2D eigenvalue weighted by Crippen LogP contribution is -2.40. The third-order valence-electron chi connectivity index (χ3n) is 7.77. The van der Waals surface area contributed by atoms with Crippen molar-refractivity contribution >= 4 is 29.3 Å². The predicted octanol–water partition coefficient (Wildman–Crippen LogP) is 3.29. The van der Waals surface area contributed by atoms with E-state index in [1.165, 1.54) is 18.1 Å². The number of ketones is 1. The Bertz CT molecular complexity index is 1210. The SMILES string of the molecule is COc1ccc(C(=O)COC(=O)c2ccccc2N2C(=O)[C@@H]3[C@H]4C=C[C@@H]([C@@H]5C[C@@H]45)[C@@H]3C2=O)cc1. The number of anilines is 1. The number of ether oxygens (including phenoxy) is 2. The van der Waals surface area contributed by atoms with Gasteiger partial charge in [-0.3, -0.25) is 14.4 Å². The molecule has 3 fully saturated rings. The van der Waals surface area contributed by atoms with Crippen LogP contribution in [0.2, 0.25) is 0 Å². The minimum Gasteiger partial charge on any atom is -0.497 e. The number of allylic oxidation sites excluding steroid dienone is 2. The number of rotatable bonds is 6. The standard InChI is InChI=1S/C27H23NO6/c1-33-15-8-6-14(7-9-15)22(29)13-34-27(32)18-4-2-3-5-21(18)28-25(30)23-16-10-11-17(20-12-19(16)20)24(23)26(28)31/h2-11,16-17,19-20,23-24H,12-13H2,1H3/t16-,17-,19-,20-,23-,24+/m0/s1. The molecule has 1 aliphatic heterocycles. The molecule has 5 aliphatic rings. The van der Waals surface area contributed by atoms with Gasteiger partial charge in [0.15, 0.2) is 12.4 Å². The zero-order valence-electron chi connectivity index (χ0n) is 18.5. The second kappa shape index (κ2) is 7.65. The number of hydrogen-bond donors (Lipinski definition) is 0. The molecule has 4 aliphatic carbocycles. The lowest BCUT2D eigenvalue weighted by atomic mass is 9.63. The van der Waals surface area contributed by atoms with Gasteiger partial charge in [0, 0.05) is 5.56 Å². The number of Topliss-reactive ketones (excluding diaryl/α,β-unsaturated/α-hetero) is 1. The highest BCUT2D eigenvalue weighted by atomic mass is 16.5. The van der Waals surface area contributed by atoms with Gasteiger partial charge in [-0.1, -0.05) is 24.3 Å². The van der Waals surface area contributed by atoms with E-state index in [4.69, 9.17) is 9.47 Å². The van der Waals surface area contributed by atoms with E-state index < -0.39 is 12.6 Å². The minimum atomic E-state index is -0.753. The highest BCUT2D eigenvalue weighted by molar-refractivity contribution is 6.24. The molecule has 0 spiro atoms. The molecular weight excluding hydrogens is 434 g/mol. The van der Waals surface area contributed by atoms with Crippen molar-refractivity contribution in [3.8, 4) is 5.75 Å². The molecule has 2 aromatic rings. The normalized spacial score (nSPS) is 30.1. The van der Waals surface area contributed by atoms with Crippen LogP contribution in [0.5, 0.6) is 5.75 Å². The van der Waals surface area contributed by atoms with E-state index in [0.717, 1.165) is 6.42 Å². The molecule has 172 valence electrons. The van der Waals surface area contributed by atoms with E-state index in [9.17, 15) is 19.2 Å². The van der Waals surface area contributed by atoms with E-state index in [-0.39, 0.29) is 52.5 Å². The van der Waals surface area contributed by atoms with Gasteiger partial charge in [0.05, 0.1) is 30.2 Å². The zero-order chi connectivity index (χ0) is 23.6. The summed E-state index contributed by atoms with van der Waals surface area (Å²) in [4.78, 5) is 53.4. The summed E-state index contributed by atoms with van der Waals surface area (Å²) < 4.78 is 10.4. The van der Waals surface area contributed by atoms with Gasteiger partial charge < -0.3 is 9.47 Å². The predicted molar refractivity (Wildman–Crippen MR) is 121 cm³/mol. The van der Waals surface area contributed by atoms with Crippen LogP contribution in [0.3, 0.4) is 0 Å². The molecule has 6 atom stereocenters. The number of para-hydroxylation sites is 1. The molecule has 7 nitrogen and oxygen atoms in total. The molecule has 2 saturated carbocycles. The molecule has 2 bridgehead atoms. The van der Waals surface area contributed by atoms with Crippen LogP contribution in [0.1, 0.15) is 27.1 Å². The van der Waals surface area contributed by atoms with E-state index in [0.29, 0.717) is 23.1 Å². The van der Waals surface area contributed by atoms with Crippen LogP contribution in [0, 0.1) is 35.5 Å². The Hall–Kier alpha value is -3.74. The van der Waals surface area contributed by atoms with Crippen LogP contribution in [0.15, 0.2) is 60.7 Å². The van der Waals surface area contributed by atoms with Gasteiger partial charge in [-0.25, -0.2) is 9.69 Å². The third kappa shape index (κ3) is 3.03. The zero-order valence-corrected chi connectivity index (χ0v) is 18.5. The van der Waals surface area contributed by atoms with Crippen molar-refractivity contribution < 1.29 is 28.7 Å². The Labute approximate surface area is 196 Å². The highest BCUT2D eigenvalue weighted by Gasteiger charge is 2.67. The van der Waals surface area contributed by atoms with Gasteiger partial charge in [-0.2, -0.15) is 0 Å². The van der Waals surface area contributed by atoms with E-state index in [2.05, 4.69) is 12.2 Å². The number of esters is 1. The molecule has 0 N–H and O–H groups in total. The van der Waals surface area contributed by atoms with Crippen molar-refractivity contribution in [2.75, 3.05) is 18.6 Å². The fourth-order valence-corrected chi connectivity index (χ4v) is 6.10. The summed E-state index contributed by atoms with van der Waals surface area (Å²) in [6.45, 7) is -0.454. The quantitative estimate of drug-likeness (QED) is 0.286. The first-order valence-electron chi connectivity index (χ1n) is 11.5. The number of imide groups is 1. The number of benzene rings is 2. The molecule has 0 unspecified atom stereocenters. The van der Waals surface area contributed by atoms with Crippen molar-refractivity contribution in [3.63, 3.8) is 0 Å². The van der Waals surface area contributed by atoms with Crippen LogP contribution in [-0.2, 0) is 14.3 Å². The summed E-state index contributed by atoms with van der Waals surface area (Å²) in [6.07, 6.45) is 5.31. The largest absolute Gasteiger partial charge is 0.497 e. The molecule has 0 aromatic heterocycles. The Morgan fingerprint density at radius 1 is 0.912 bits per heavy atom. The summed E-state index contributed by atoms with van der Waals surface area (Å²) in [6, 6.07) is 12.9. The van der Waals surface area contributed by atoms with Crippen LogP contribution < -0.4 is 9.64 Å². The molecular formula is C27H23NO6. The van der Waals surface area contributed by atoms with Crippen LogP contribution in [-0.4, -0.2) is 37.3 Å². The summed E-state index contributed by atoms with van der Waals surface area (Å²) in [7, 11) is 1.53. The van der Waals surface area contributed by atoms with Crippen LogP contribution in [0.4, 0.5) is 5.69 Å². The van der Waals surface area contributed by atoms with Gasteiger partial charge in [-0.05, 0) is 66.5 Å². The first-order valence-corrected chi connectivity index (χ1v) is 11.5. The Balaban J connectivity index is 1.22. The van der Waals surface area contributed by atoms with Crippen molar-refractivity contribution in [3.05, 3.63) is 71.8 Å². The first kappa shape index (κ1) is 20.8. The molecule has 1 saturated heterocycles. The molecule has 7 rings (SSSR count). The fraction of sp³-hybridized carbons (Fsp3) is 0.333. The van der Waals surface area contributed by atoms with Gasteiger partial charge in [0.2, 0.25) is 11.8 Å². The summed E-state index contributed by atoms with van der Waals surface area (Å²) in [5, 5.41) is 0. The van der Waals surface area contributed by atoms with E-state index in [1.807, 2.05) is 0 Å². The number of nitrogens with zero attached hydrogens (tertiary/aromatic N) is 1. The molecule has 1 heterocycles. The van der Waals surface area contributed by atoms with Crippen LogP contribution >= 0.6 is 0 Å². The van der Waals surface area contributed by atoms with Crippen molar-refractivity contribution in [2.24, 2.45) is 35.5 Å². The summed E-state index contributed by atoms with van der Waals surface area (Å²) >= 11 is 0. The average Bonchev–Trinajstić information content (AvgIpc) is 3.65. The molecule has 7 heteroatoms. The molecule has 0 radical (unpaired) electrons. The second-order valence-electron chi connectivity index (χ2n) is 9.41. The minimum absolute atomic E-state index is 0.0934. The molecule has 2 amide bonds. The highest BCUT2D eigenvalue weighted by Crippen LogP contribution is 2.65. The van der Waals surface area contributed by atoms with Gasteiger partial charge in [0.25, 0.3) is 0 Å². The van der Waals surface area contributed by atoms with E-state index in [1.54, 1.807) is 42.5 Å². The number of carbonyl (C=O) groups excluding carboxylic acids is 4.